The van der Waals surface area contributed by atoms with Crippen molar-refractivity contribution in [3.63, 3.8) is 0 Å². The van der Waals surface area contributed by atoms with Gasteiger partial charge in [0.25, 0.3) is 5.91 Å². The first-order valence-electron chi connectivity index (χ1n) is 9.47. The Kier molecular flexibility index (Phi) is 5.05. The average molecular weight is 380 g/mol. The third-order valence-corrected chi connectivity index (χ3v) is 5.42. The lowest BCUT2D eigenvalue weighted by Crippen LogP contribution is -2.54. The molecule has 0 unspecified atom stereocenters. The maximum Gasteiger partial charge on any atom is 0.410 e. The van der Waals surface area contributed by atoms with Gasteiger partial charge in [-0.2, -0.15) is 0 Å². The van der Waals surface area contributed by atoms with Crippen molar-refractivity contribution >= 4 is 23.9 Å². The molecule has 150 valence electrons. The predicted octanol–water partition coefficient (Wildman–Crippen LogP) is 0.738. The molecule has 0 aromatic heterocycles. The Morgan fingerprint density at radius 1 is 1.30 bits per heavy atom. The molecule has 2 saturated heterocycles. The minimum absolute atomic E-state index is 0.101. The fourth-order valence-corrected chi connectivity index (χ4v) is 4.07. The third kappa shape index (κ3) is 4.17. The van der Waals surface area contributed by atoms with Crippen LogP contribution in [0.2, 0.25) is 0 Å². The van der Waals surface area contributed by atoms with Crippen LogP contribution in [-0.4, -0.2) is 59.6 Å². The predicted molar refractivity (Wildman–Crippen MR) is 95.7 cm³/mol. The van der Waals surface area contributed by atoms with E-state index in [1.54, 1.807) is 4.90 Å². The maximum atomic E-state index is 12.2. The highest BCUT2D eigenvalue weighted by molar-refractivity contribution is 6.07. The molecule has 3 N–H and O–H groups in total. The smallest absolute Gasteiger partial charge is 0.410 e. The van der Waals surface area contributed by atoms with Gasteiger partial charge < -0.3 is 20.3 Å². The largest absolute Gasteiger partial charge is 0.444 e. The number of rotatable bonds is 4. The molecule has 5 amide bonds. The van der Waals surface area contributed by atoms with Crippen LogP contribution in [0.3, 0.4) is 0 Å². The Bertz CT molecular complexity index is 653. The van der Waals surface area contributed by atoms with E-state index in [1.807, 2.05) is 20.8 Å². The second kappa shape index (κ2) is 7.01. The van der Waals surface area contributed by atoms with Crippen molar-refractivity contribution in [3.8, 4) is 0 Å². The molecule has 2 atom stereocenters. The molecular weight excluding hydrogens is 352 g/mol. The summed E-state index contributed by atoms with van der Waals surface area (Å²) in [5, 5.41) is 7.93. The SMILES string of the molecule is CC(C)(C)OC(=O)N1CC(CC(=O)NC[C@@H]2CCC[C@]23NC(=O)NC3=O)C1. The van der Waals surface area contributed by atoms with Gasteiger partial charge in [-0.25, -0.2) is 9.59 Å². The van der Waals surface area contributed by atoms with Crippen LogP contribution in [0, 0.1) is 11.8 Å². The van der Waals surface area contributed by atoms with Gasteiger partial charge in [-0.3, -0.25) is 14.9 Å². The van der Waals surface area contributed by atoms with Gasteiger partial charge in [0.2, 0.25) is 5.91 Å². The number of amides is 5. The molecule has 1 saturated carbocycles. The Hall–Kier alpha value is -2.32. The van der Waals surface area contributed by atoms with Crippen LogP contribution >= 0.6 is 0 Å². The summed E-state index contributed by atoms with van der Waals surface area (Å²) in [7, 11) is 0. The van der Waals surface area contributed by atoms with Crippen LogP contribution in [-0.2, 0) is 14.3 Å². The molecule has 3 rings (SSSR count). The molecule has 3 fully saturated rings. The Morgan fingerprint density at radius 2 is 2.00 bits per heavy atom. The number of carbonyl (C=O) groups is 4. The van der Waals surface area contributed by atoms with Crippen molar-refractivity contribution < 1.29 is 23.9 Å². The third-order valence-electron chi connectivity index (χ3n) is 5.42. The molecule has 0 aromatic rings. The van der Waals surface area contributed by atoms with Gasteiger partial charge in [-0.05, 0) is 33.6 Å². The number of likely N-dealkylation sites (tertiary alicyclic amines) is 1. The highest BCUT2D eigenvalue weighted by Crippen LogP contribution is 2.37. The lowest BCUT2D eigenvalue weighted by atomic mass is 9.87. The lowest BCUT2D eigenvalue weighted by Gasteiger charge is -2.39. The average Bonchev–Trinajstić information content (AvgIpc) is 3.02. The first-order valence-corrected chi connectivity index (χ1v) is 9.47. The summed E-state index contributed by atoms with van der Waals surface area (Å²) in [5.74, 6) is -0.385. The van der Waals surface area contributed by atoms with Crippen LogP contribution in [0.1, 0.15) is 46.5 Å². The van der Waals surface area contributed by atoms with Crippen molar-refractivity contribution in [1.29, 1.82) is 0 Å². The maximum absolute atomic E-state index is 12.2. The van der Waals surface area contributed by atoms with Crippen LogP contribution in [0.4, 0.5) is 9.59 Å². The minimum Gasteiger partial charge on any atom is -0.444 e. The topological polar surface area (TPSA) is 117 Å². The molecule has 0 radical (unpaired) electrons. The van der Waals surface area contributed by atoms with Gasteiger partial charge in [0.1, 0.15) is 11.1 Å². The minimum atomic E-state index is -0.881. The van der Waals surface area contributed by atoms with Crippen molar-refractivity contribution in [3.05, 3.63) is 0 Å². The molecule has 0 bridgehead atoms. The van der Waals surface area contributed by atoms with E-state index in [4.69, 9.17) is 4.74 Å². The zero-order valence-electron chi connectivity index (χ0n) is 16.1. The standard InChI is InChI=1S/C18H28N4O5/c1-17(2,3)27-16(26)22-9-11(10-22)7-13(23)19-8-12-5-4-6-18(12)14(24)20-15(25)21-18/h11-12H,4-10H2,1-3H3,(H,19,23)(H2,20,21,24,25)/t12-,18-/m0/s1. The number of ether oxygens (including phenoxy) is 1. The molecule has 0 aromatic carbocycles. The highest BCUT2D eigenvalue weighted by Gasteiger charge is 2.54. The molecule has 1 spiro atoms. The summed E-state index contributed by atoms with van der Waals surface area (Å²) in [6.45, 7) is 6.83. The van der Waals surface area contributed by atoms with Gasteiger partial charge in [0.05, 0.1) is 0 Å². The molecule has 1 aliphatic carbocycles. The number of hydrogen-bond acceptors (Lipinski definition) is 5. The van der Waals surface area contributed by atoms with Crippen molar-refractivity contribution in [2.75, 3.05) is 19.6 Å². The second-order valence-electron chi connectivity index (χ2n) is 8.73. The summed E-state index contributed by atoms with van der Waals surface area (Å²) in [6, 6.07) is -0.463. The molecule has 9 nitrogen and oxygen atoms in total. The number of carbonyl (C=O) groups excluding carboxylic acids is 4. The number of imide groups is 1. The fourth-order valence-electron chi connectivity index (χ4n) is 4.07. The van der Waals surface area contributed by atoms with E-state index in [9.17, 15) is 19.2 Å². The van der Waals surface area contributed by atoms with Crippen molar-refractivity contribution in [2.45, 2.75) is 57.6 Å². The Labute approximate surface area is 158 Å². The van der Waals surface area contributed by atoms with Crippen LogP contribution in [0.25, 0.3) is 0 Å². The lowest BCUT2D eigenvalue weighted by molar-refractivity contribution is -0.127. The summed E-state index contributed by atoms with van der Waals surface area (Å²) in [6.07, 6.45) is 2.19. The van der Waals surface area contributed by atoms with Crippen LogP contribution < -0.4 is 16.0 Å². The summed E-state index contributed by atoms with van der Waals surface area (Å²) in [4.78, 5) is 49.3. The molecule has 3 aliphatic rings. The number of nitrogens with one attached hydrogen (secondary N) is 3. The van der Waals surface area contributed by atoms with E-state index in [1.165, 1.54) is 0 Å². The van der Waals surface area contributed by atoms with E-state index < -0.39 is 17.2 Å². The Balaban J connectivity index is 1.40. The first kappa shape index (κ1) is 19.4. The zero-order valence-corrected chi connectivity index (χ0v) is 16.1. The summed E-state index contributed by atoms with van der Waals surface area (Å²) in [5.41, 5.74) is -1.41. The van der Waals surface area contributed by atoms with Gasteiger partial charge in [-0.1, -0.05) is 6.42 Å². The monoisotopic (exact) mass is 380 g/mol. The molecule has 27 heavy (non-hydrogen) atoms. The van der Waals surface area contributed by atoms with Gasteiger partial charge in [0.15, 0.2) is 0 Å². The first-order chi connectivity index (χ1) is 12.6. The van der Waals surface area contributed by atoms with E-state index >= 15 is 0 Å². The summed E-state index contributed by atoms with van der Waals surface area (Å²) < 4.78 is 5.30. The summed E-state index contributed by atoms with van der Waals surface area (Å²) >= 11 is 0. The van der Waals surface area contributed by atoms with Crippen molar-refractivity contribution in [1.82, 2.24) is 20.9 Å². The highest BCUT2D eigenvalue weighted by atomic mass is 16.6. The number of nitrogens with zero attached hydrogens (tertiary/aromatic N) is 1. The van der Waals surface area contributed by atoms with E-state index in [-0.39, 0.29) is 29.7 Å². The van der Waals surface area contributed by atoms with Gasteiger partial charge in [-0.15, -0.1) is 0 Å². The van der Waals surface area contributed by atoms with Crippen molar-refractivity contribution in [2.24, 2.45) is 11.8 Å². The Morgan fingerprint density at radius 3 is 2.59 bits per heavy atom. The quantitative estimate of drug-likeness (QED) is 0.622. The molecule has 2 heterocycles. The van der Waals surface area contributed by atoms with E-state index in [0.29, 0.717) is 32.5 Å². The fraction of sp³-hybridized carbons (Fsp3) is 0.778. The second-order valence-corrected chi connectivity index (χ2v) is 8.73. The van der Waals surface area contributed by atoms with Crippen LogP contribution in [0.15, 0.2) is 0 Å². The zero-order chi connectivity index (χ0) is 19.8. The molecule has 2 aliphatic heterocycles. The molecular formula is C18H28N4O5. The van der Waals surface area contributed by atoms with E-state index in [2.05, 4.69) is 16.0 Å². The number of urea groups is 1. The normalized spacial score (nSPS) is 28.0. The number of hydrogen-bond donors (Lipinski definition) is 3. The van der Waals surface area contributed by atoms with Gasteiger partial charge in [0, 0.05) is 37.9 Å². The molecule has 9 heteroatoms. The van der Waals surface area contributed by atoms with E-state index in [0.717, 1.165) is 12.8 Å². The van der Waals surface area contributed by atoms with Gasteiger partial charge >= 0.3 is 12.1 Å². The van der Waals surface area contributed by atoms with Crippen LogP contribution in [0.5, 0.6) is 0 Å².